The van der Waals surface area contributed by atoms with Gasteiger partial charge in [-0.3, -0.25) is 4.79 Å². The van der Waals surface area contributed by atoms with E-state index in [4.69, 9.17) is 15.2 Å². The fourth-order valence-corrected chi connectivity index (χ4v) is 1.83. The quantitative estimate of drug-likeness (QED) is 0.868. The summed E-state index contributed by atoms with van der Waals surface area (Å²) >= 11 is 3.36. The van der Waals surface area contributed by atoms with Gasteiger partial charge in [0.1, 0.15) is 13.2 Å². The predicted octanol–water partition coefficient (Wildman–Crippen LogP) is 1.51. The molecule has 0 aromatic heterocycles. The maximum Gasteiger partial charge on any atom is 0.241 e. The molecule has 1 aromatic carbocycles. The van der Waals surface area contributed by atoms with E-state index in [2.05, 4.69) is 21.2 Å². The highest BCUT2D eigenvalue weighted by Gasteiger charge is 2.17. The number of benzene rings is 1. The number of amides is 1. The number of nitrogens with one attached hydrogen (secondary N) is 1. The van der Waals surface area contributed by atoms with Crippen LogP contribution in [0.3, 0.4) is 0 Å². The summed E-state index contributed by atoms with van der Waals surface area (Å²) in [6.07, 6.45) is 0. The van der Waals surface area contributed by atoms with Crippen molar-refractivity contribution >= 4 is 27.5 Å². The maximum absolute atomic E-state index is 11.5. The van der Waals surface area contributed by atoms with Crippen LogP contribution < -0.4 is 20.5 Å². The molecule has 6 heteroatoms. The summed E-state index contributed by atoms with van der Waals surface area (Å²) in [5.41, 5.74) is 6.11. The Balaban J connectivity index is 2.26. The fraction of sp³-hybridized carbons (Fsp3) is 0.364. The molecular weight excluding hydrogens is 288 g/mol. The topological polar surface area (TPSA) is 73.6 Å². The van der Waals surface area contributed by atoms with E-state index >= 15 is 0 Å². The molecule has 5 nitrogen and oxygen atoms in total. The molecule has 0 radical (unpaired) electrons. The predicted molar refractivity (Wildman–Crippen MR) is 67.4 cm³/mol. The van der Waals surface area contributed by atoms with Crippen LogP contribution in [-0.2, 0) is 4.79 Å². The van der Waals surface area contributed by atoms with Gasteiger partial charge in [-0.15, -0.1) is 0 Å². The van der Waals surface area contributed by atoms with Gasteiger partial charge in [-0.2, -0.15) is 0 Å². The minimum absolute atomic E-state index is 0.248. The molecule has 1 aliphatic heterocycles. The largest absolute Gasteiger partial charge is 0.486 e. The number of ether oxygens (including phenoxy) is 2. The number of fused-ring (bicyclic) bond motifs is 1. The van der Waals surface area contributed by atoms with E-state index in [9.17, 15) is 4.79 Å². The molecule has 1 heterocycles. The lowest BCUT2D eigenvalue weighted by Gasteiger charge is -2.20. The van der Waals surface area contributed by atoms with Crippen molar-refractivity contribution in [2.45, 2.75) is 13.0 Å². The molecule has 0 saturated heterocycles. The lowest BCUT2D eigenvalue weighted by atomic mass is 10.2. The van der Waals surface area contributed by atoms with Crippen molar-refractivity contribution in [2.75, 3.05) is 18.5 Å². The van der Waals surface area contributed by atoms with Gasteiger partial charge in [-0.05, 0) is 22.9 Å². The van der Waals surface area contributed by atoms with Crippen molar-refractivity contribution in [2.24, 2.45) is 5.73 Å². The molecule has 0 fully saturated rings. The Bertz CT molecular complexity index is 449. The first-order valence-electron chi connectivity index (χ1n) is 5.23. The zero-order valence-electron chi connectivity index (χ0n) is 9.33. The lowest BCUT2D eigenvalue weighted by molar-refractivity contribution is -0.117. The Kier molecular flexibility index (Phi) is 3.54. The Morgan fingerprint density at radius 1 is 1.41 bits per heavy atom. The summed E-state index contributed by atoms with van der Waals surface area (Å²) in [5.74, 6) is 1.05. The smallest absolute Gasteiger partial charge is 0.241 e. The Morgan fingerprint density at radius 2 is 2.00 bits per heavy atom. The van der Waals surface area contributed by atoms with Crippen molar-refractivity contribution in [3.05, 3.63) is 16.6 Å². The molecule has 92 valence electrons. The van der Waals surface area contributed by atoms with E-state index < -0.39 is 6.04 Å². The van der Waals surface area contributed by atoms with Gasteiger partial charge >= 0.3 is 0 Å². The van der Waals surface area contributed by atoms with Crippen molar-refractivity contribution in [1.29, 1.82) is 0 Å². The van der Waals surface area contributed by atoms with E-state index in [1.165, 1.54) is 0 Å². The second-order valence-corrected chi connectivity index (χ2v) is 4.61. The molecule has 2 rings (SSSR count). The standard InChI is InChI=1S/C11H13BrN2O3/c1-6(13)11(15)14-8-5-10-9(4-7(8)12)16-2-3-17-10/h4-6H,2-3,13H2,1H3,(H,14,15)/t6-/m1/s1. The average molecular weight is 301 g/mol. The van der Waals surface area contributed by atoms with Gasteiger partial charge in [-0.25, -0.2) is 0 Å². The van der Waals surface area contributed by atoms with Crippen LogP contribution in [0.4, 0.5) is 5.69 Å². The molecular formula is C11H13BrN2O3. The van der Waals surface area contributed by atoms with E-state index in [1.807, 2.05) is 0 Å². The number of hydrogen-bond donors (Lipinski definition) is 2. The van der Waals surface area contributed by atoms with E-state index in [0.29, 0.717) is 30.4 Å². The van der Waals surface area contributed by atoms with Crippen LogP contribution in [0.1, 0.15) is 6.92 Å². The molecule has 1 atom stereocenters. The Morgan fingerprint density at radius 3 is 2.59 bits per heavy atom. The third kappa shape index (κ3) is 2.70. The van der Waals surface area contributed by atoms with Gasteiger partial charge < -0.3 is 20.5 Å². The van der Waals surface area contributed by atoms with Crippen LogP contribution in [0, 0.1) is 0 Å². The fourth-order valence-electron chi connectivity index (χ4n) is 1.41. The molecule has 0 bridgehead atoms. The van der Waals surface area contributed by atoms with Gasteiger partial charge in [0.05, 0.1) is 11.7 Å². The number of rotatable bonds is 2. The van der Waals surface area contributed by atoms with Gasteiger partial charge in [0.2, 0.25) is 5.91 Å². The first-order valence-corrected chi connectivity index (χ1v) is 6.03. The zero-order valence-corrected chi connectivity index (χ0v) is 10.9. The summed E-state index contributed by atoms with van der Waals surface area (Å²) in [6, 6.07) is 2.93. The number of anilines is 1. The normalized spacial score (nSPS) is 15.2. The summed E-state index contributed by atoms with van der Waals surface area (Å²) in [4.78, 5) is 11.5. The van der Waals surface area contributed by atoms with Crippen LogP contribution >= 0.6 is 15.9 Å². The molecule has 1 aliphatic rings. The number of hydrogen-bond acceptors (Lipinski definition) is 4. The molecule has 17 heavy (non-hydrogen) atoms. The van der Waals surface area contributed by atoms with Crippen LogP contribution in [0.25, 0.3) is 0 Å². The van der Waals surface area contributed by atoms with Crippen molar-refractivity contribution in [1.82, 2.24) is 0 Å². The highest BCUT2D eigenvalue weighted by atomic mass is 79.9. The molecule has 3 N–H and O–H groups in total. The first-order chi connectivity index (χ1) is 8.08. The van der Waals surface area contributed by atoms with Crippen LogP contribution in [0.2, 0.25) is 0 Å². The number of halogens is 1. The minimum atomic E-state index is -0.560. The number of carbonyl (C=O) groups excluding carboxylic acids is 1. The average Bonchev–Trinajstić information content (AvgIpc) is 2.29. The molecule has 0 aliphatic carbocycles. The van der Waals surface area contributed by atoms with Gasteiger partial charge in [0.15, 0.2) is 11.5 Å². The summed E-state index contributed by atoms with van der Waals surface area (Å²) in [5, 5.41) is 2.71. The molecule has 1 amide bonds. The monoisotopic (exact) mass is 300 g/mol. The van der Waals surface area contributed by atoms with Crippen molar-refractivity contribution in [3.8, 4) is 11.5 Å². The SMILES string of the molecule is C[C@@H](N)C(=O)Nc1cc2c(cc1Br)OCCO2. The lowest BCUT2D eigenvalue weighted by Crippen LogP contribution is -2.32. The summed E-state index contributed by atoms with van der Waals surface area (Å²) in [7, 11) is 0. The summed E-state index contributed by atoms with van der Waals surface area (Å²) < 4.78 is 11.6. The molecule has 0 saturated carbocycles. The second-order valence-electron chi connectivity index (χ2n) is 3.75. The zero-order chi connectivity index (χ0) is 12.4. The highest BCUT2D eigenvalue weighted by Crippen LogP contribution is 2.38. The Labute approximate surface area is 107 Å². The van der Waals surface area contributed by atoms with Crippen molar-refractivity contribution < 1.29 is 14.3 Å². The highest BCUT2D eigenvalue weighted by molar-refractivity contribution is 9.10. The van der Waals surface area contributed by atoms with E-state index in [1.54, 1.807) is 19.1 Å². The number of carbonyl (C=O) groups is 1. The third-order valence-electron chi connectivity index (χ3n) is 2.30. The van der Waals surface area contributed by atoms with E-state index in [-0.39, 0.29) is 5.91 Å². The summed E-state index contributed by atoms with van der Waals surface area (Å²) in [6.45, 7) is 2.67. The molecule has 0 unspecified atom stereocenters. The van der Waals surface area contributed by atoms with Crippen LogP contribution in [0.5, 0.6) is 11.5 Å². The van der Waals surface area contributed by atoms with Gasteiger partial charge in [0, 0.05) is 16.6 Å². The second kappa shape index (κ2) is 4.93. The maximum atomic E-state index is 11.5. The van der Waals surface area contributed by atoms with Crippen LogP contribution in [0.15, 0.2) is 16.6 Å². The first kappa shape index (κ1) is 12.2. The van der Waals surface area contributed by atoms with Crippen molar-refractivity contribution in [3.63, 3.8) is 0 Å². The number of nitrogens with two attached hydrogens (primary N) is 1. The van der Waals surface area contributed by atoms with Gasteiger partial charge in [0.25, 0.3) is 0 Å². The molecule has 0 spiro atoms. The Hall–Kier alpha value is -1.27. The molecule has 1 aromatic rings. The third-order valence-corrected chi connectivity index (χ3v) is 2.96. The van der Waals surface area contributed by atoms with Gasteiger partial charge in [-0.1, -0.05) is 0 Å². The minimum Gasteiger partial charge on any atom is -0.486 e. The van der Waals surface area contributed by atoms with Crippen LogP contribution in [-0.4, -0.2) is 25.2 Å². The van der Waals surface area contributed by atoms with E-state index in [0.717, 1.165) is 4.47 Å².